The summed E-state index contributed by atoms with van der Waals surface area (Å²) >= 11 is 0. The van der Waals surface area contributed by atoms with Gasteiger partial charge in [0, 0.05) is 49.7 Å². The lowest BCUT2D eigenvalue weighted by Gasteiger charge is -2.65. The van der Waals surface area contributed by atoms with Crippen LogP contribution < -0.4 is 16.1 Å². The minimum atomic E-state index is -1.42. The van der Waals surface area contributed by atoms with E-state index in [9.17, 15) is 24.3 Å². The Hall–Kier alpha value is -3.77. The zero-order valence-electron chi connectivity index (χ0n) is 26.7. The molecule has 0 aromatic carbocycles. The lowest BCUT2D eigenvalue weighted by Crippen LogP contribution is -2.73. The molecule has 45 heavy (non-hydrogen) atoms. The molecule has 0 bridgehead atoms. The van der Waals surface area contributed by atoms with Crippen LogP contribution >= 0.6 is 0 Å². The maximum absolute atomic E-state index is 13.5. The molecule has 0 amide bonds. The Labute approximate surface area is 261 Å². The molecule has 2 saturated carbocycles. The Morgan fingerprint density at radius 3 is 2.42 bits per heavy atom. The molecule has 244 valence electrons. The average molecular weight is 627 g/mol. The van der Waals surface area contributed by atoms with Gasteiger partial charge in [-0.05, 0) is 56.6 Å². The fourth-order valence-corrected chi connectivity index (χ4v) is 8.13. The van der Waals surface area contributed by atoms with Crippen LogP contribution in [0.3, 0.4) is 0 Å². The summed E-state index contributed by atoms with van der Waals surface area (Å²) in [4.78, 5) is 55.7. The highest BCUT2D eigenvalue weighted by molar-refractivity contribution is 5.76. The van der Waals surface area contributed by atoms with Crippen LogP contribution in [-0.4, -0.2) is 57.5 Å². The van der Waals surface area contributed by atoms with Gasteiger partial charge in [-0.2, -0.15) is 0 Å². The van der Waals surface area contributed by atoms with Crippen molar-refractivity contribution < 1.29 is 42.9 Å². The van der Waals surface area contributed by atoms with Crippen LogP contribution in [0.25, 0.3) is 11.3 Å². The van der Waals surface area contributed by atoms with E-state index in [1.807, 2.05) is 6.92 Å². The second-order valence-electron chi connectivity index (χ2n) is 13.5. The van der Waals surface area contributed by atoms with Crippen molar-refractivity contribution in [3.63, 3.8) is 0 Å². The van der Waals surface area contributed by atoms with Crippen LogP contribution in [0.15, 0.2) is 39.8 Å². The van der Waals surface area contributed by atoms with E-state index in [-0.39, 0.29) is 29.4 Å². The molecule has 0 saturated heterocycles. The minimum Gasteiger partial charge on any atom is -0.482 e. The van der Waals surface area contributed by atoms with Gasteiger partial charge in [0.25, 0.3) is 0 Å². The zero-order valence-corrected chi connectivity index (χ0v) is 26.7. The van der Waals surface area contributed by atoms with Gasteiger partial charge in [-0.1, -0.05) is 20.8 Å². The summed E-state index contributed by atoms with van der Waals surface area (Å²) in [6.45, 7) is 11.5. The molecular formula is C33H42N2O10. The first-order valence-electron chi connectivity index (χ1n) is 15.3. The van der Waals surface area contributed by atoms with E-state index in [1.165, 1.54) is 26.1 Å². The highest BCUT2D eigenvalue weighted by Gasteiger charge is 2.71. The van der Waals surface area contributed by atoms with E-state index in [1.54, 1.807) is 46.0 Å². The van der Waals surface area contributed by atoms with Gasteiger partial charge in [0.05, 0.1) is 6.10 Å². The van der Waals surface area contributed by atoms with E-state index in [0.717, 1.165) is 0 Å². The lowest BCUT2D eigenvalue weighted by molar-refractivity contribution is -0.283. The first-order chi connectivity index (χ1) is 21.0. The van der Waals surface area contributed by atoms with Crippen molar-refractivity contribution >= 4 is 17.9 Å². The number of aromatic nitrogens is 1. The number of esters is 3. The molecule has 2 aromatic rings. The van der Waals surface area contributed by atoms with Gasteiger partial charge < -0.3 is 34.2 Å². The Kier molecular flexibility index (Phi) is 8.37. The third-order valence-corrected chi connectivity index (χ3v) is 10.2. The molecule has 3 aliphatic rings. The van der Waals surface area contributed by atoms with Crippen molar-refractivity contribution in [3.8, 4) is 17.1 Å². The summed E-state index contributed by atoms with van der Waals surface area (Å²) < 4.78 is 30.2. The first-order valence-corrected chi connectivity index (χ1v) is 15.3. The first kappa shape index (κ1) is 32.6. The van der Waals surface area contributed by atoms with E-state index >= 15 is 0 Å². The van der Waals surface area contributed by atoms with Crippen molar-refractivity contribution in [1.29, 1.82) is 0 Å². The third-order valence-electron chi connectivity index (χ3n) is 10.2. The number of hydrogen-bond donors (Lipinski definition) is 2. The van der Waals surface area contributed by atoms with Gasteiger partial charge in [0.1, 0.15) is 46.5 Å². The van der Waals surface area contributed by atoms with Gasteiger partial charge >= 0.3 is 23.5 Å². The van der Waals surface area contributed by atoms with Crippen LogP contribution in [0, 0.1) is 23.2 Å². The summed E-state index contributed by atoms with van der Waals surface area (Å²) in [5.74, 6) is -3.18. The fourth-order valence-electron chi connectivity index (χ4n) is 8.13. The predicted octanol–water partition coefficient (Wildman–Crippen LogP) is 3.47. The molecule has 12 nitrogen and oxygen atoms in total. The highest BCUT2D eigenvalue weighted by Crippen LogP contribution is 2.66. The maximum Gasteiger partial charge on any atom is 0.345 e. The summed E-state index contributed by atoms with van der Waals surface area (Å²) in [6.07, 6.45) is 0.727. The van der Waals surface area contributed by atoms with Crippen molar-refractivity contribution in [1.82, 2.24) is 4.98 Å². The van der Waals surface area contributed by atoms with Crippen molar-refractivity contribution in [2.75, 3.05) is 0 Å². The highest BCUT2D eigenvalue weighted by atomic mass is 16.6. The number of carbonyl (C=O) groups excluding carboxylic acids is 3. The fraction of sp³-hybridized carbons (Fsp3) is 0.606. The molecule has 2 fully saturated rings. The van der Waals surface area contributed by atoms with Gasteiger partial charge in [-0.15, -0.1) is 0 Å². The van der Waals surface area contributed by atoms with Crippen LogP contribution in [0.1, 0.15) is 79.4 Å². The Morgan fingerprint density at radius 2 is 1.82 bits per heavy atom. The molecule has 2 aliphatic carbocycles. The number of carbonyl (C=O) groups is 3. The zero-order chi connectivity index (χ0) is 33.1. The molecule has 12 heteroatoms. The predicted molar refractivity (Wildman–Crippen MR) is 160 cm³/mol. The molecule has 9 atom stereocenters. The summed E-state index contributed by atoms with van der Waals surface area (Å²) in [5, 5.41) is 12.2. The summed E-state index contributed by atoms with van der Waals surface area (Å²) in [6, 6.07) is 4.02. The summed E-state index contributed by atoms with van der Waals surface area (Å²) in [5.41, 5.74) is 2.28. The van der Waals surface area contributed by atoms with E-state index in [2.05, 4.69) is 4.98 Å². The molecule has 3 unspecified atom stereocenters. The third kappa shape index (κ3) is 5.41. The monoisotopic (exact) mass is 626 g/mol. The number of rotatable bonds is 6. The van der Waals surface area contributed by atoms with Crippen LogP contribution in [-0.2, 0) is 28.6 Å². The number of aliphatic hydroxyl groups excluding tert-OH is 1. The van der Waals surface area contributed by atoms with Crippen LogP contribution in [0.4, 0.5) is 0 Å². The number of nitrogens with two attached hydrogens (primary N) is 1. The Balaban J connectivity index is 1.69. The maximum atomic E-state index is 13.5. The topological polar surface area (TPSA) is 177 Å². The van der Waals surface area contributed by atoms with Crippen LogP contribution in [0.2, 0.25) is 0 Å². The van der Waals surface area contributed by atoms with Crippen molar-refractivity contribution in [2.45, 2.75) is 103 Å². The minimum absolute atomic E-state index is 0.0627. The number of ether oxygens (including phenoxy) is 4. The smallest absolute Gasteiger partial charge is 0.345 e. The number of fused-ring (bicyclic) bond motifs is 4. The largest absolute Gasteiger partial charge is 0.482 e. The molecule has 2 aromatic heterocycles. The molecule has 5 rings (SSSR count). The standard InChI is InChI=1S/C33H42N2O10/c1-16(2)26(34)30(40)43-24-14-22-31(5,11-10-23(41-17(3)36)32(22,6)44-18(4)37)28-27(38)25-21(45-33(24,28)7)13-20(42-29(25)39)19-9-8-12-35-15-19/h8-9,12-13,15-16,22-24,26-28,38H,10-11,14,34H2,1-7H3/t22?,23-,24-,26+,27?,28?,31-,32-,33+/m0/s1. The quantitative estimate of drug-likeness (QED) is 0.353. The van der Waals surface area contributed by atoms with Gasteiger partial charge in [-0.25, -0.2) is 4.79 Å². The van der Waals surface area contributed by atoms with Gasteiger partial charge in [0.15, 0.2) is 0 Å². The Morgan fingerprint density at radius 1 is 1.11 bits per heavy atom. The molecule has 0 spiro atoms. The number of hydrogen-bond acceptors (Lipinski definition) is 12. The van der Waals surface area contributed by atoms with Gasteiger partial charge in [-0.3, -0.25) is 19.4 Å². The second-order valence-corrected chi connectivity index (χ2v) is 13.5. The van der Waals surface area contributed by atoms with Gasteiger partial charge in [0.2, 0.25) is 0 Å². The molecule has 0 radical (unpaired) electrons. The van der Waals surface area contributed by atoms with E-state index < -0.39 is 76.3 Å². The normalized spacial score (nSPS) is 34.3. The Bertz CT molecular complexity index is 1540. The number of aliphatic hydroxyl groups is 1. The molecular weight excluding hydrogens is 584 g/mol. The molecule has 3 N–H and O–H groups in total. The average Bonchev–Trinajstić information content (AvgIpc) is 2.94. The van der Waals surface area contributed by atoms with E-state index in [4.69, 9.17) is 29.1 Å². The molecule has 3 heterocycles. The SMILES string of the molecule is CC(=O)O[C@H]1CC[C@@]2(C)C(C[C@H](OC(=O)[C@H](N)C(C)C)[C@@]3(C)Oc4cc(-c5cccnc5)oc(=O)c4C(O)C23)[C@]1(C)OC(C)=O. The second kappa shape index (κ2) is 11.5. The number of nitrogens with zero attached hydrogens (tertiary/aromatic N) is 1. The van der Waals surface area contributed by atoms with Crippen LogP contribution in [0.5, 0.6) is 5.75 Å². The van der Waals surface area contributed by atoms with E-state index in [0.29, 0.717) is 18.4 Å². The number of pyridine rings is 1. The molecule has 1 aliphatic heterocycles. The lowest BCUT2D eigenvalue weighted by atomic mass is 9.45. The van der Waals surface area contributed by atoms with Crippen molar-refractivity contribution in [2.24, 2.45) is 28.9 Å². The van der Waals surface area contributed by atoms with Crippen molar-refractivity contribution in [3.05, 3.63) is 46.6 Å². The summed E-state index contributed by atoms with van der Waals surface area (Å²) in [7, 11) is 0.